The molecule has 0 saturated heterocycles. The molecule has 0 fully saturated rings. The van der Waals surface area contributed by atoms with Gasteiger partial charge in [-0.2, -0.15) is 0 Å². The van der Waals surface area contributed by atoms with Crippen molar-refractivity contribution in [3.8, 4) is 11.5 Å². The van der Waals surface area contributed by atoms with Gasteiger partial charge < -0.3 is 24.4 Å². The Hall–Kier alpha value is -4.26. The zero-order valence-corrected chi connectivity index (χ0v) is 20.4. The van der Waals surface area contributed by atoms with Crippen molar-refractivity contribution in [3.63, 3.8) is 0 Å². The van der Waals surface area contributed by atoms with Crippen LogP contribution in [0.5, 0.6) is 11.5 Å². The normalized spacial score (nSPS) is 16.0. The number of nitrogens with zero attached hydrogens (tertiary/aromatic N) is 2. The maximum Gasteiger partial charge on any atom is 0.262 e. The van der Waals surface area contributed by atoms with E-state index in [1.165, 1.54) is 12.1 Å². The smallest absolute Gasteiger partial charge is 0.262 e. The molecule has 0 bridgehead atoms. The first-order valence-electron chi connectivity index (χ1n) is 12.0. The minimum Gasteiger partial charge on any atom is -0.508 e. The highest BCUT2D eigenvalue weighted by Crippen LogP contribution is 2.35. The fraction of sp³-hybridized carbons (Fsp3) is 0.241. The molecule has 0 aliphatic carbocycles. The first-order chi connectivity index (χ1) is 17.2. The summed E-state index contributed by atoms with van der Waals surface area (Å²) in [6, 6.07) is 18.7. The molecular formula is C29H28N2O5. The van der Waals surface area contributed by atoms with Crippen LogP contribution in [0.1, 0.15) is 58.3 Å². The number of para-hydroxylation sites is 1. The molecule has 2 amide bonds. The van der Waals surface area contributed by atoms with E-state index in [1.807, 2.05) is 50.2 Å². The second kappa shape index (κ2) is 9.07. The van der Waals surface area contributed by atoms with Gasteiger partial charge in [0.1, 0.15) is 22.8 Å². The van der Waals surface area contributed by atoms with Crippen molar-refractivity contribution < 1.29 is 24.2 Å². The van der Waals surface area contributed by atoms with E-state index in [-0.39, 0.29) is 41.0 Å². The first kappa shape index (κ1) is 23.5. The van der Waals surface area contributed by atoms with E-state index < -0.39 is 0 Å². The third kappa shape index (κ3) is 4.06. The van der Waals surface area contributed by atoms with Gasteiger partial charge in [-0.05, 0) is 74.7 Å². The molecule has 2 unspecified atom stereocenters. The second-order valence-corrected chi connectivity index (χ2v) is 9.39. The molecule has 1 aliphatic heterocycles. The van der Waals surface area contributed by atoms with Crippen LogP contribution in [-0.4, -0.2) is 40.0 Å². The summed E-state index contributed by atoms with van der Waals surface area (Å²) in [6.07, 6.45) is 1.45. The fourth-order valence-corrected chi connectivity index (χ4v) is 4.80. The first-order valence-corrected chi connectivity index (χ1v) is 12.0. The number of aryl methyl sites for hydroxylation is 1. The molecule has 0 spiro atoms. The third-order valence-electron chi connectivity index (χ3n) is 7.05. The van der Waals surface area contributed by atoms with Crippen LogP contribution in [0.2, 0.25) is 0 Å². The van der Waals surface area contributed by atoms with E-state index in [9.17, 15) is 19.8 Å². The van der Waals surface area contributed by atoms with E-state index in [1.54, 1.807) is 29.0 Å². The predicted octanol–water partition coefficient (Wildman–Crippen LogP) is 5.66. The molecule has 7 nitrogen and oxygen atoms in total. The Bertz CT molecular complexity index is 1440. The molecule has 1 aliphatic rings. The van der Waals surface area contributed by atoms with Crippen LogP contribution in [-0.2, 0) is 6.42 Å². The Balaban J connectivity index is 1.41. The second-order valence-electron chi connectivity index (χ2n) is 9.39. The number of furan rings is 1. The molecule has 3 aromatic carbocycles. The molecule has 5 rings (SSSR count). The fourth-order valence-electron chi connectivity index (χ4n) is 4.80. The number of anilines is 1. The maximum absolute atomic E-state index is 13.4. The van der Waals surface area contributed by atoms with E-state index in [0.717, 1.165) is 41.1 Å². The highest BCUT2D eigenvalue weighted by atomic mass is 16.3. The van der Waals surface area contributed by atoms with Gasteiger partial charge in [0, 0.05) is 35.8 Å². The van der Waals surface area contributed by atoms with Crippen LogP contribution in [0, 0.1) is 0 Å². The van der Waals surface area contributed by atoms with Gasteiger partial charge in [-0.1, -0.05) is 18.2 Å². The lowest BCUT2D eigenvalue weighted by Crippen LogP contribution is -2.42. The van der Waals surface area contributed by atoms with Crippen molar-refractivity contribution in [2.45, 2.75) is 38.8 Å². The molecule has 2 heterocycles. The zero-order valence-electron chi connectivity index (χ0n) is 20.4. The quantitative estimate of drug-likeness (QED) is 0.390. The number of phenolic OH excluding ortho intramolecular Hbond substituents is 2. The molecule has 0 saturated carbocycles. The number of aromatic hydroxyl groups is 2. The van der Waals surface area contributed by atoms with Crippen molar-refractivity contribution in [1.29, 1.82) is 0 Å². The number of carbonyl (C=O) groups excluding carboxylic acids is 2. The molecule has 1 aromatic heterocycles. The summed E-state index contributed by atoms with van der Waals surface area (Å²) >= 11 is 0. The van der Waals surface area contributed by atoms with Gasteiger partial charge in [-0.15, -0.1) is 0 Å². The molecular weight excluding hydrogens is 456 g/mol. The molecule has 7 heteroatoms. The van der Waals surface area contributed by atoms with Gasteiger partial charge in [0.05, 0.1) is 11.6 Å². The number of hydrogen-bond donors (Lipinski definition) is 2. The Morgan fingerprint density at radius 2 is 1.83 bits per heavy atom. The van der Waals surface area contributed by atoms with E-state index >= 15 is 0 Å². The number of hydrogen-bond acceptors (Lipinski definition) is 5. The minimum absolute atomic E-state index is 0.0875. The third-order valence-corrected chi connectivity index (χ3v) is 7.05. The monoisotopic (exact) mass is 484 g/mol. The predicted molar refractivity (Wildman–Crippen MR) is 138 cm³/mol. The Morgan fingerprint density at radius 1 is 1.06 bits per heavy atom. The highest BCUT2D eigenvalue weighted by Gasteiger charge is 2.31. The Morgan fingerprint density at radius 3 is 2.58 bits per heavy atom. The highest BCUT2D eigenvalue weighted by molar-refractivity contribution is 6.09. The summed E-state index contributed by atoms with van der Waals surface area (Å²) in [5.41, 5.74) is 3.05. The van der Waals surface area contributed by atoms with Gasteiger partial charge in [0.25, 0.3) is 11.8 Å². The number of benzene rings is 3. The van der Waals surface area contributed by atoms with Gasteiger partial charge in [0.15, 0.2) is 0 Å². The number of carbonyl (C=O) groups is 2. The summed E-state index contributed by atoms with van der Waals surface area (Å²) in [5, 5.41) is 20.8. The van der Waals surface area contributed by atoms with Gasteiger partial charge in [0.2, 0.25) is 0 Å². The number of rotatable bonds is 4. The van der Waals surface area contributed by atoms with Crippen LogP contribution in [0.3, 0.4) is 0 Å². The van der Waals surface area contributed by atoms with Crippen molar-refractivity contribution >= 4 is 28.5 Å². The Kier molecular flexibility index (Phi) is 5.92. The van der Waals surface area contributed by atoms with Crippen molar-refractivity contribution in [1.82, 2.24) is 4.90 Å². The maximum atomic E-state index is 13.4. The van der Waals surface area contributed by atoms with Crippen LogP contribution in [0.4, 0.5) is 5.69 Å². The largest absolute Gasteiger partial charge is 0.508 e. The molecule has 184 valence electrons. The van der Waals surface area contributed by atoms with Crippen LogP contribution >= 0.6 is 0 Å². The standard InChI is InChI=1S/C29H28N2O5/c1-17-8-9-19-14-21(10-13-24(19)31(17)29(35)23-12-11-22(32)16-25(23)33)28(34)30(3)18(2)27-15-20-6-4-5-7-26(20)36-27/h4-7,10-18,32-33H,8-9H2,1-3H3. The van der Waals surface area contributed by atoms with Gasteiger partial charge >= 0.3 is 0 Å². The molecule has 2 N–H and O–H groups in total. The summed E-state index contributed by atoms with van der Waals surface area (Å²) < 4.78 is 5.96. The molecule has 36 heavy (non-hydrogen) atoms. The molecule has 4 aromatic rings. The summed E-state index contributed by atoms with van der Waals surface area (Å²) in [4.78, 5) is 30.0. The van der Waals surface area contributed by atoms with Crippen LogP contribution in [0.25, 0.3) is 11.0 Å². The Labute approximate surface area is 209 Å². The van der Waals surface area contributed by atoms with E-state index in [2.05, 4.69) is 0 Å². The summed E-state index contributed by atoms with van der Waals surface area (Å²) in [7, 11) is 1.76. The lowest BCUT2D eigenvalue weighted by molar-refractivity contribution is 0.0727. The van der Waals surface area contributed by atoms with Crippen LogP contribution in [0.15, 0.2) is 71.1 Å². The van der Waals surface area contributed by atoms with Crippen molar-refractivity contribution in [3.05, 3.63) is 89.2 Å². The summed E-state index contributed by atoms with van der Waals surface area (Å²) in [5.74, 6) is -0.161. The lowest BCUT2D eigenvalue weighted by Gasteiger charge is -2.36. The average molecular weight is 485 g/mol. The molecule has 2 atom stereocenters. The summed E-state index contributed by atoms with van der Waals surface area (Å²) in [6.45, 7) is 3.89. The molecule has 0 radical (unpaired) electrons. The zero-order chi connectivity index (χ0) is 25.6. The SMILES string of the molecule is CC(c1cc2ccccc2o1)N(C)C(=O)c1ccc2c(c1)CCC(C)N2C(=O)c1ccc(O)cc1O. The number of amides is 2. The number of phenols is 2. The van der Waals surface area contributed by atoms with E-state index in [0.29, 0.717) is 11.3 Å². The lowest BCUT2D eigenvalue weighted by atomic mass is 9.93. The van der Waals surface area contributed by atoms with Crippen LogP contribution < -0.4 is 4.90 Å². The number of fused-ring (bicyclic) bond motifs is 2. The van der Waals surface area contributed by atoms with E-state index in [4.69, 9.17) is 4.42 Å². The van der Waals surface area contributed by atoms with Gasteiger partial charge in [-0.25, -0.2) is 0 Å². The van der Waals surface area contributed by atoms with Crippen molar-refractivity contribution in [2.24, 2.45) is 0 Å². The average Bonchev–Trinajstić information content (AvgIpc) is 3.31. The minimum atomic E-state index is -0.351. The van der Waals surface area contributed by atoms with Crippen molar-refractivity contribution in [2.75, 3.05) is 11.9 Å². The van der Waals surface area contributed by atoms with Gasteiger partial charge in [-0.3, -0.25) is 9.59 Å². The topological polar surface area (TPSA) is 94.2 Å².